The Bertz CT molecular complexity index is 273. The lowest BCUT2D eigenvalue weighted by molar-refractivity contribution is 0.161. The van der Waals surface area contributed by atoms with Gasteiger partial charge in [0.15, 0.2) is 0 Å². The van der Waals surface area contributed by atoms with E-state index in [4.69, 9.17) is 4.42 Å². The fourth-order valence-corrected chi connectivity index (χ4v) is 1.12. The van der Waals surface area contributed by atoms with Crippen molar-refractivity contribution < 1.29 is 9.52 Å². The molecule has 1 rings (SSSR count). The number of hydrogen-bond donors (Lipinski definition) is 2. The van der Waals surface area contributed by atoms with Gasteiger partial charge in [-0.25, -0.2) is 4.98 Å². The molecule has 14 heavy (non-hydrogen) atoms. The molecular formula is C10H18N2O2. The number of nitrogens with one attached hydrogen (secondary N) is 1. The van der Waals surface area contributed by atoms with Crippen molar-refractivity contribution in [2.75, 3.05) is 6.54 Å². The lowest BCUT2D eigenvalue weighted by Crippen LogP contribution is -2.28. The first-order valence-electron chi connectivity index (χ1n) is 4.97. The zero-order chi connectivity index (χ0) is 10.6. The van der Waals surface area contributed by atoms with E-state index >= 15 is 0 Å². The van der Waals surface area contributed by atoms with Gasteiger partial charge in [0.2, 0.25) is 5.89 Å². The van der Waals surface area contributed by atoms with Crippen LogP contribution < -0.4 is 5.32 Å². The second-order valence-corrected chi connectivity index (χ2v) is 3.50. The van der Waals surface area contributed by atoms with Gasteiger partial charge in [-0.2, -0.15) is 0 Å². The number of rotatable bonds is 5. The first kappa shape index (κ1) is 11.2. The van der Waals surface area contributed by atoms with Gasteiger partial charge in [-0.05, 0) is 20.3 Å². The molecule has 0 bridgehead atoms. The number of oxazole rings is 1. The molecule has 1 aromatic heterocycles. The lowest BCUT2D eigenvalue weighted by atomic mass is 10.2. The monoisotopic (exact) mass is 198 g/mol. The Kier molecular flexibility index (Phi) is 4.10. The van der Waals surface area contributed by atoms with Crippen LogP contribution >= 0.6 is 0 Å². The first-order chi connectivity index (χ1) is 6.63. The number of nitrogens with zero attached hydrogens (tertiary/aromatic N) is 1. The molecule has 0 fully saturated rings. The molecule has 0 aliphatic heterocycles. The van der Waals surface area contributed by atoms with Crippen LogP contribution in [0.25, 0.3) is 0 Å². The average molecular weight is 198 g/mol. The molecule has 4 heteroatoms. The molecule has 0 aromatic carbocycles. The van der Waals surface area contributed by atoms with Gasteiger partial charge >= 0.3 is 0 Å². The van der Waals surface area contributed by atoms with Crippen molar-refractivity contribution in [3.05, 3.63) is 17.8 Å². The Morgan fingerprint density at radius 2 is 2.36 bits per heavy atom. The van der Waals surface area contributed by atoms with Crippen LogP contribution in [0.5, 0.6) is 0 Å². The highest BCUT2D eigenvalue weighted by Gasteiger charge is 2.11. The molecule has 1 aromatic rings. The van der Waals surface area contributed by atoms with Gasteiger partial charge in [-0.1, -0.05) is 6.92 Å². The predicted molar refractivity (Wildman–Crippen MR) is 54.0 cm³/mol. The van der Waals surface area contributed by atoms with Gasteiger partial charge in [-0.3, -0.25) is 0 Å². The Morgan fingerprint density at radius 1 is 1.64 bits per heavy atom. The van der Waals surface area contributed by atoms with Crippen molar-refractivity contribution in [1.82, 2.24) is 10.3 Å². The summed E-state index contributed by atoms with van der Waals surface area (Å²) in [7, 11) is 0. The quantitative estimate of drug-likeness (QED) is 0.751. The summed E-state index contributed by atoms with van der Waals surface area (Å²) in [5, 5.41) is 12.5. The van der Waals surface area contributed by atoms with Crippen molar-refractivity contribution >= 4 is 0 Å². The molecule has 0 aliphatic rings. The molecule has 0 saturated heterocycles. The minimum absolute atomic E-state index is 0.0462. The van der Waals surface area contributed by atoms with Crippen molar-refractivity contribution in [3.8, 4) is 0 Å². The summed E-state index contributed by atoms with van der Waals surface area (Å²) in [6, 6.07) is 0.0462. The van der Waals surface area contributed by atoms with Crippen molar-refractivity contribution in [1.29, 1.82) is 0 Å². The van der Waals surface area contributed by atoms with E-state index in [0.717, 1.165) is 12.2 Å². The number of aromatic nitrogens is 1. The molecule has 4 nitrogen and oxygen atoms in total. The highest BCUT2D eigenvalue weighted by molar-refractivity contribution is 4.94. The fraction of sp³-hybridized carbons (Fsp3) is 0.700. The molecule has 0 saturated carbocycles. The highest BCUT2D eigenvalue weighted by Crippen LogP contribution is 2.11. The second kappa shape index (κ2) is 5.12. The summed E-state index contributed by atoms with van der Waals surface area (Å²) >= 11 is 0. The van der Waals surface area contributed by atoms with Gasteiger partial charge in [0.1, 0.15) is 5.76 Å². The van der Waals surface area contributed by atoms with E-state index in [0.29, 0.717) is 12.4 Å². The molecule has 1 heterocycles. The molecule has 2 N–H and O–H groups in total. The third-order valence-corrected chi connectivity index (χ3v) is 2.14. The van der Waals surface area contributed by atoms with Gasteiger partial charge in [0.25, 0.3) is 0 Å². The zero-order valence-electron chi connectivity index (χ0n) is 8.95. The minimum atomic E-state index is -0.298. The summed E-state index contributed by atoms with van der Waals surface area (Å²) in [5.74, 6) is 1.48. The van der Waals surface area contributed by atoms with Crippen LogP contribution in [0, 0.1) is 6.92 Å². The van der Waals surface area contributed by atoms with Crippen LogP contribution in [0.15, 0.2) is 10.6 Å². The number of aryl methyl sites for hydroxylation is 1. The Balaban J connectivity index is 2.39. The molecule has 2 unspecified atom stereocenters. The van der Waals surface area contributed by atoms with E-state index in [1.54, 1.807) is 6.20 Å². The van der Waals surface area contributed by atoms with Crippen LogP contribution in [0.2, 0.25) is 0 Å². The summed E-state index contributed by atoms with van der Waals surface area (Å²) in [5.41, 5.74) is 0. The Morgan fingerprint density at radius 3 is 2.86 bits per heavy atom. The topological polar surface area (TPSA) is 58.3 Å². The van der Waals surface area contributed by atoms with Crippen molar-refractivity contribution in [2.24, 2.45) is 0 Å². The molecule has 0 spiro atoms. The Labute approximate surface area is 84.3 Å². The van der Waals surface area contributed by atoms with Crippen LogP contribution in [0.4, 0.5) is 0 Å². The number of hydrogen-bond acceptors (Lipinski definition) is 4. The number of aliphatic hydroxyl groups is 1. The van der Waals surface area contributed by atoms with Gasteiger partial charge in [-0.15, -0.1) is 0 Å². The molecule has 80 valence electrons. The second-order valence-electron chi connectivity index (χ2n) is 3.50. The van der Waals surface area contributed by atoms with Crippen LogP contribution in [-0.4, -0.2) is 22.7 Å². The standard InChI is InChI=1S/C10H18N2O2/c1-4-9(13)6-11-8(3)10-12-5-7(2)14-10/h5,8-9,11,13H,4,6H2,1-3H3. The third-order valence-electron chi connectivity index (χ3n) is 2.14. The van der Waals surface area contributed by atoms with Crippen LogP contribution in [-0.2, 0) is 0 Å². The maximum atomic E-state index is 9.35. The highest BCUT2D eigenvalue weighted by atomic mass is 16.4. The van der Waals surface area contributed by atoms with E-state index in [9.17, 15) is 5.11 Å². The molecule has 0 aliphatic carbocycles. The zero-order valence-corrected chi connectivity index (χ0v) is 8.95. The van der Waals surface area contributed by atoms with E-state index in [1.807, 2.05) is 20.8 Å². The smallest absolute Gasteiger partial charge is 0.211 e. The van der Waals surface area contributed by atoms with E-state index in [1.165, 1.54) is 0 Å². The van der Waals surface area contributed by atoms with E-state index in [-0.39, 0.29) is 12.1 Å². The first-order valence-corrected chi connectivity index (χ1v) is 4.97. The molecule has 2 atom stereocenters. The van der Waals surface area contributed by atoms with Crippen molar-refractivity contribution in [3.63, 3.8) is 0 Å². The molecule has 0 radical (unpaired) electrons. The average Bonchev–Trinajstić information content (AvgIpc) is 2.60. The van der Waals surface area contributed by atoms with Crippen LogP contribution in [0.3, 0.4) is 0 Å². The molecule has 0 amide bonds. The molecular weight excluding hydrogens is 180 g/mol. The fourth-order valence-electron chi connectivity index (χ4n) is 1.12. The maximum Gasteiger partial charge on any atom is 0.211 e. The summed E-state index contributed by atoms with van der Waals surface area (Å²) in [6.07, 6.45) is 2.15. The minimum Gasteiger partial charge on any atom is -0.444 e. The van der Waals surface area contributed by atoms with Gasteiger partial charge < -0.3 is 14.8 Å². The predicted octanol–water partition coefficient (Wildman–Crippen LogP) is 1.40. The van der Waals surface area contributed by atoms with E-state index in [2.05, 4.69) is 10.3 Å². The normalized spacial score (nSPS) is 15.4. The lowest BCUT2D eigenvalue weighted by Gasteiger charge is -2.13. The van der Waals surface area contributed by atoms with Crippen molar-refractivity contribution in [2.45, 2.75) is 39.3 Å². The maximum absolute atomic E-state index is 9.35. The number of aliphatic hydroxyl groups excluding tert-OH is 1. The van der Waals surface area contributed by atoms with Gasteiger partial charge in [0, 0.05) is 6.54 Å². The summed E-state index contributed by atoms with van der Waals surface area (Å²) in [6.45, 7) is 6.35. The third kappa shape index (κ3) is 3.12. The largest absolute Gasteiger partial charge is 0.444 e. The summed E-state index contributed by atoms with van der Waals surface area (Å²) in [4.78, 5) is 4.11. The van der Waals surface area contributed by atoms with Gasteiger partial charge in [0.05, 0.1) is 18.3 Å². The SMILES string of the molecule is CCC(O)CNC(C)c1ncc(C)o1. The van der Waals surface area contributed by atoms with E-state index < -0.39 is 0 Å². The Hall–Kier alpha value is -0.870. The summed E-state index contributed by atoms with van der Waals surface area (Å²) < 4.78 is 5.36. The van der Waals surface area contributed by atoms with Crippen LogP contribution in [0.1, 0.15) is 38.0 Å².